The lowest BCUT2D eigenvalue weighted by Gasteiger charge is -2.06. The van der Waals surface area contributed by atoms with Crippen molar-refractivity contribution in [2.24, 2.45) is 0 Å². The van der Waals surface area contributed by atoms with Gasteiger partial charge in [0.25, 0.3) is 5.91 Å². The summed E-state index contributed by atoms with van der Waals surface area (Å²) in [6, 6.07) is 10.6. The summed E-state index contributed by atoms with van der Waals surface area (Å²) in [5, 5.41) is 2.63. The van der Waals surface area contributed by atoms with Crippen LogP contribution in [0.3, 0.4) is 0 Å². The van der Waals surface area contributed by atoms with Gasteiger partial charge < -0.3 is 14.5 Å². The predicted molar refractivity (Wildman–Crippen MR) is 81.5 cm³/mol. The molecule has 6 heteroatoms. The van der Waals surface area contributed by atoms with Gasteiger partial charge in [-0.25, -0.2) is 4.79 Å². The molecule has 5 nitrogen and oxygen atoms in total. The molecule has 2 rings (SSSR count). The van der Waals surface area contributed by atoms with Crippen molar-refractivity contribution in [3.05, 3.63) is 59.0 Å². The van der Waals surface area contributed by atoms with Gasteiger partial charge in [0, 0.05) is 10.5 Å². The number of ether oxygens (including phenoxy) is 1. The van der Waals surface area contributed by atoms with Crippen molar-refractivity contribution in [3.63, 3.8) is 0 Å². The molecule has 0 bridgehead atoms. The van der Waals surface area contributed by atoms with Crippen LogP contribution in [-0.4, -0.2) is 18.5 Å². The van der Waals surface area contributed by atoms with Crippen LogP contribution in [0.15, 0.2) is 57.6 Å². The molecule has 1 aromatic carbocycles. The van der Waals surface area contributed by atoms with Crippen LogP contribution in [-0.2, 0) is 14.3 Å². The van der Waals surface area contributed by atoms with Crippen LogP contribution in [0.5, 0.6) is 0 Å². The normalized spacial score (nSPS) is 10.5. The molecule has 0 saturated heterocycles. The second-order valence-electron chi connectivity index (χ2n) is 3.98. The highest BCUT2D eigenvalue weighted by atomic mass is 79.9. The zero-order chi connectivity index (χ0) is 15.1. The maximum absolute atomic E-state index is 11.7. The van der Waals surface area contributed by atoms with Gasteiger partial charge in [-0.1, -0.05) is 12.1 Å². The molecule has 1 N–H and O–H groups in total. The lowest BCUT2D eigenvalue weighted by molar-refractivity contribution is -0.142. The zero-order valence-electron chi connectivity index (χ0n) is 10.9. The maximum atomic E-state index is 11.7. The number of carbonyl (C=O) groups is 2. The van der Waals surface area contributed by atoms with Crippen LogP contribution in [0.1, 0.15) is 5.76 Å². The number of hydrogen-bond donors (Lipinski definition) is 1. The van der Waals surface area contributed by atoms with Crippen LogP contribution in [0.4, 0.5) is 5.69 Å². The van der Waals surface area contributed by atoms with Gasteiger partial charge in [-0.3, -0.25) is 4.79 Å². The van der Waals surface area contributed by atoms with E-state index in [-0.39, 0.29) is 6.61 Å². The van der Waals surface area contributed by atoms with Crippen molar-refractivity contribution < 1.29 is 18.7 Å². The van der Waals surface area contributed by atoms with E-state index in [1.807, 2.05) is 6.07 Å². The molecule has 0 fully saturated rings. The van der Waals surface area contributed by atoms with Crippen molar-refractivity contribution in [2.75, 3.05) is 11.9 Å². The SMILES string of the molecule is O=C(COC(=O)C=Cc1ccco1)Nc1ccccc1Br. The molecule has 0 radical (unpaired) electrons. The van der Waals surface area contributed by atoms with Crippen LogP contribution < -0.4 is 5.32 Å². The van der Waals surface area contributed by atoms with Gasteiger partial charge in [0.15, 0.2) is 6.61 Å². The number of amides is 1. The summed E-state index contributed by atoms with van der Waals surface area (Å²) in [5.41, 5.74) is 0.615. The highest BCUT2D eigenvalue weighted by Gasteiger charge is 2.07. The summed E-state index contributed by atoms with van der Waals surface area (Å²) < 4.78 is 10.6. The molecule has 2 aromatic rings. The number of halogens is 1. The minimum absolute atomic E-state index is 0.358. The Balaban J connectivity index is 1.79. The fourth-order valence-corrected chi connectivity index (χ4v) is 1.85. The molecule has 0 aliphatic carbocycles. The molecule has 1 aromatic heterocycles. The van der Waals surface area contributed by atoms with Crippen LogP contribution in [0, 0.1) is 0 Å². The monoisotopic (exact) mass is 349 g/mol. The van der Waals surface area contributed by atoms with Gasteiger partial charge in [-0.15, -0.1) is 0 Å². The van der Waals surface area contributed by atoms with Crippen molar-refractivity contribution in [1.29, 1.82) is 0 Å². The Morgan fingerprint density at radius 3 is 2.76 bits per heavy atom. The van der Waals surface area contributed by atoms with E-state index in [0.29, 0.717) is 11.4 Å². The van der Waals surface area contributed by atoms with Crippen LogP contribution in [0.2, 0.25) is 0 Å². The Labute approximate surface area is 129 Å². The Morgan fingerprint density at radius 1 is 1.24 bits per heavy atom. The van der Waals surface area contributed by atoms with Gasteiger partial charge in [-0.05, 0) is 46.3 Å². The summed E-state index contributed by atoms with van der Waals surface area (Å²) in [7, 11) is 0. The standard InChI is InChI=1S/C15H12BrNO4/c16-12-5-1-2-6-13(12)17-14(18)10-21-15(19)8-7-11-4-3-9-20-11/h1-9H,10H2,(H,17,18). The van der Waals surface area contributed by atoms with Gasteiger partial charge in [0.2, 0.25) is 0 Å². The Morgan fingerprint density at radius 2 is 2.05 bits per heavy atom. The summed E-state index contributed by atoms with van der Waals surface area (Å²) in [6.45, 7) is -0.358. The number of nitrogens with one attached hydrogen (secondary N) is 1. The third kappa shape index (κ3) is 4.92. The first-order chi connectivity index (χ1) is 10.1. The minimum atomic E-state index is -0.617. The van der Waals surface area contributed by atoms with Crippen LogP contribution in [0.25, 0.3) is 6.08 Å². The molecular weight excluding hydrogens is 338 g/mol. The third-order valence-corrected chi connectivity index (χ3v) is 3.11. The molecule has 0 unspecified atom stereocenters. The molecule has 0 saturated carbocycles. The Hall–Kier alpha value is -2.34. The molecule has 0 aliphatic heterocycles. The van der Waals surface area contributed by atoms with E-state index in [9.17, 15) is 9.59 Å². The first-order valence-electron chi connectivity index (χ1n) is 6.08. The number of carbonyl (C=O) groups excluding carboxylic acids is 2. The topological polar surface area (TPSA) is 68.5 Å². The highest BCUT2D eigenvalue weighted by molar-refractivity contribution is 9.10. The van der Waals surface area contributed by atoms with E-state index in [2.05, 4.69) is 21.2 Å². The van der Waals surface area contributed by atoms with Gasteiger partial charge >= 0.3 is 5.97 Å². The lowest BCUT2D eigenvalue weighted by Crippen LogP contribution is -2.20. The van der Waals surface area contributed by atoms with Gasteiger partial charge in [-0.2, -0.15) is 0 Å². The van der Waals surface area contributed by atoms with E-state index < -0.39 is 11.9 Å². The fourth-order valence-electron chi connectivity index (χ4n) is 1.47. The summed E-state index contributed by atoms with van der Waals surface area (Å²) in [5.74, 6) is -0.500. The predicted octanol–water partition coefficient (Wildman–Crippen LogP) is 3.24. The van der Waals surface area contributed by atoms with Crippen molar-refractivity contribution >= 4 is 39.6 Å². The smallest absolute Gasteiger partial charge is 0.331 e. The number of furan rings is 1. The van der Waals surface area contributed by atoms with Crippen LogP contribution >= 0.6 is 15.9 Å². The van der Waals surface area contributed by atoms with Gasteiger partial charge in [0.1, 0.15) is 5.76 Å². The molecule has 1 amide bonds. The van der Waals surface area contributed by atoms with E-state index in [4.69, 9.17) is 9.15 Å². The molecule has 0 aliphatic rings. The fraction of sp³-hybridized carbons (Fsp3) is 0.0667. The molecular formula is C15H12BrNO4. The molecule has 0 spiro atoms. The molecule has 1 heterocycles. The third-order valence-electron chi connectivity index (χ3n) is 2.42. The Kier molecular flexibility index (Phi) is 5.34. The molecule has 108 valence electrons. The largest absolute Gasteiger partial charge is 0.465 e. The number of rotatable bonds is 5. The van der Waals surface area contributed by atoms with Gasteiger partial charge in [0.05, 0.1) is 12.0 Å². The Bertz CT molecular complexity index is 649. The maximum Gasteiger partial charge on any atom is 0.331 e. The first kappa shape index (κ1) is 15.1. The summed E-state index contributed by atoms with van der Waals surface area (Å²) in [4.78, 5) is 23.1. The minimum Gasteiger partial charge on any atom is -0.465 e. The summed E-state index contributed by atoms with van der Waals surface area (Å²) >= 11 is 3.31. The molecule has 21 heavy (non-hydrogen) atoms. The first-order valence-corrected chi connectivity index (χ1v) is 6.87. The van der Waals surface area contributed by atoms with E-state index in [1.165, 1.54) is 18.4 Å². The zero-order valence-corrected chi connectivity index (χ0v) is 12.5. The summed E-state index contributed by atoms with van der Waals surface area (Å²) in [6.07, 6.45) is 4.16. The lowest BCUT2D eigenvalue weighted by atomic mass is 10.3. The van der Waals surface area contributed by atoms with Crippen molar-refractivity contribution in [1.82, 2.24) is 0 Å². The second kappa shape index (κ2) is 7.44. The number of esters is 1. The highest BCUT2D eigenvalue weighted by Crippen LogP contribution is 2.20. The number of benzene rings is 1. The number of para-hydroxylation sites is 1. The quantitative estimate of drug-likeness (QED) is 0.664. The van der Waals surface area contributed by atoms with E-state index in [0.717, 1.165) is 4.47 Å². The number of hydrogen-bond acceptors (Lipinski definition) is 4. The average Bonchev–Trinajstić information content (AvgIpc) is 2.99. The number of anilines is 1. The van der Waals surface area contributed by atoms with Crippen molar-refractivity contribution in [2.45, 2.75) is 0 Å². The molecule has 0 atom stereocenters. The van der Waals surface area contributed by atoms with Crippen molar-refractivity contribution in [3.8, 4) is 0 Å². The second-order valence-corrected chi connectivity index (χ2v) is 4.84. The average molecular weight is 350 g/mol. The van der Waals surface area contributed by atoms with E-state index in [1.54, 1.807) is 30.3 Å². The van der Waals surface area contributed by atoms with E-state index >= 15 is 0 Å².